The van der Waals surface area contributed by atoms with E-state index in [0.717, 1.165) is 30.8 Å². The highest BCUT2D eigenvalue weighted by atomic mass is 32.2. The van der Waals surface area contributed by atoms with Gasteiger partial charge in [-0.2, -0.15) is 0 Å². The molecule has 0 saturated carbocycles. The second-order valence-electron chi connectivity index (χ2n) is 5.00. The number of nitrogens with one attached hydrogen (secondary N) is 2. The van der Waals surface area contributed by atoms with Crippen LogP contribution in [0.5, 0.6) is 0 Å². The van der Waals surface area contributed by atoms with Gasteiger partial charge in [0.1, 0.15) is 0 Å². The maximum Gasteiger partial charge on any atom is 0.255 e. The van der Waals surface area contributed by atoms with E-state index in [1.807, 2.05) is 19.9 Å². The van der Waals surface area contributed by atoms with Crippen LogP contribution in [0.2, 0.25) is 0 Å². The van der Waals surface area contributed by atoms with Crippen LogP contribution in [0, 0.1) is 6.92 Å². The molecule has 0 bridgehead atoms. The Hall–Kier alpha value is -1.43. The number of hydrogen-bond donors (Lipinski definition) is 2. The number of nitrogens with zero attached hydrogens (tertiary/aromatic N) is 1. The molecule has 1 fully saturated rings. The third kappa shape index (κ3) is 3.79. The van der Waals surface area contributed by atoms with Crippen molar-refractivity contribution < 1.29 is 9.00 Å². The van der Waals surface area contributed by atoms with E-state index in [1.165, 1.54) is 0 Å². The van der Waals surface area contributed by atoms with Crippen molar-refractivity contribution >= 4 is 22.4 Å². The minimum Gasteiger partial charge on any atom is -0.385 e. The van der Waals surface area contributed by atoms with Crippen molar-refractivity contribution in [3.05, 3.63) is 23.5 Å². The highest BCUT2D eigenvalue weighted by Gasteiger charge is 2.21. The fraction of sp³-hybridized carbons (Fsp3) is 0.571. The molecular weight excluding hydrogens is 274 g/mol. The van der Waals surface area contributed by atoms with E-state index in [2.05, 4.69) is 15.6 Å². The fourth-order valence-corrected chi connectivity index (χ4v) is 3.58. The Morgan fingerprint density at radius 2 is 2.15 bits per heavy atom. The van der Waals surface area contributed by atoms with Crippen LogP contribution >= 0.6 is 0 Å². The summed E-state index contributed by atoms with van der Waals surface area (Å²) in [6.45, 7) is 4.65. The summed E-state index contributed by atoms with van der Waals surface area (Å²) in [7, 11) is -0.707. The Kier molecular flexibility index (Phi) is 5.11. The first kappa shape index (κ1) is 15.0. The average Bonchev–Trinajstić information content (AvgIpc) is 2.42. The molecule has 0 radical (unpaired) electrons. The van der Waals surface area contributed by atoms with Gasteiger partial charge in [0.05, 0.1) is 11.3 Å². The van der Waals surface area contributed by atoms with Crippen LogP contribution < -0.4 is 10.6 Å². The van der Waals surface area contributed by atoms with E-state index in [4.69, 9.17) is 0 Å². The van der Waals surface area contributed by atoms with Gasteiger partial charge < -0.3 is 10.6 Å². The van der Waals surface area contributed by atoms with Crippen LogP contribution in [0.3, 0.4) is 0 Å². The van der Waals surface area contributed by atoms with Gasteiger partial charge in [0.2, 0.25) is 0 Å². The number of hydrogen-bond acceptors (Lipinski definition) is 4. The van der Waals surface area contributed by atoms with Crippen molar-refractivity contribution in [2.75, 3.05) is 23.4 Å². The van der Waals surface area contributed by atoms with E-state index in [-0.39, 0.29) is 11.9 Å². The van der Waals surface area contributed by atoms with Crippen molar-refractivity contribution in [3.63, 3.8) is 0 Å². The number of aryl methyl sites for hydroxylation is 1. The van der Waals surface area contributed by atoms with Gasteiger partial charge in [-0.3, -0.25) is 14.0 Å². The molecule has 1 aromatic heterocycles. The summed E-state index contributed by atoms with van der Waals surface area (Å²) in [6, 6.07) is 2.00. The quantitative estimate of drug-likeness (QED) is 0.882. The summed E-state index contributed by atoms with van der Waals surface area (Å²) < 4.78 is 11.3. The monoisotopic (exact) mass is 295 g/mol. The Labute approximate surface area is 122 Å². The van der Waals surface area contributed by atoms with Crippen LogP contribution in [-0.2, 0) is 10.8 Å². The van der Waals surface area contributed by atoms with Gasteiger partial charge >= 0.3 is 0 Å². The molecule has 1 saturated heterocycles. The summed E-state index contributed by atoms with van der Waals surface area (Å²) in [5, 5.41) is 6.21. The number of carbonyl (C=O) groups excluding carboxylic acids is 1. The first-order chi connectivity index (χ1) is 9.60. The molecule has 0 unspecified atom stereocenters. The zero-order valence-corrected chi connectivity index (χ0v) is 12.8. The Balaban J connectivity index is 2.06. The summed E-state index contributed by atoms with van der Waals surface area (Å²) in [5.74, 6) is 1.25. The van der Waals surface area contributed by atoms with Gasteiger partial charge in [-0.05, 0) is 32.8 Å². The van der Waals surface area contributed by atoms with E-state index < -0.39 is 10.8 Å². The van der Waals surface area contributed by atoms with Gasteiger partial charge in [0.15, 0.2) is 0 Å². The summed E-state index contributed by atoms with van der Waals surface area (Å²) in [5.41, 5.74) is 2.27. The molecule has 1 amide bonds. The standard InChI is InChI=1S/C14H21N3O2S/c1-3-15-13-8-10(2)16-9-12(13)14(18)17-11-4-6-20(19)7-5-11/h8-9,11H,3-7H2,1-2H3,(H,15,16)(H,17,18). The second-order valence-corrected chi connectivity index (χ2v) is 6.69. The summed E-state index contributed by atoms with van der Waals surface area (Å²) in [4.78, 5) is 16.5. The van der Waals surface area contributed by atoms with Gasteiger partial charge in [-0.1, -0.05) is 0 Å². The molecule has 20 heavy (non-hydrogen) atoms. The predicted octanol–water partition coefficient (Wildman–Crippen LogP) is 1.46. The fourth-order valence-electron chi connectivity index (χ4n) is 2.28. The summed E-state index contributed by atoms with van der Waals surface area (Å²) >= 11 is 0. The molecule has 110 valence electrons. The first-order valence-corrected chi connectivity index (χ1v) is 8.45. The maximum atomic E-state index is 12.3. The average molecular weight is 295 g/mol. The lowest BCUT2D eigenvalue weighted by molar-refractivity contribution is 0.0935. The number of carbonyl (C=O) groups is 1. The normalized spacial score (nSPS) is 22.3. The molecule has 1 aliphatic rings. The van der Waals surface area contributed by atoms with Gasteiger partial charge in [0.25, 0.3) is 5.91 Å². The number of aromatic nitrogens is 1. The Bertz CT molecular complexity index is 509. The molecule has 0 aliphatic carbocycles. The van der Waals surface area contributed by atoms with Gasteiger partial charge in [0, 0.05) is 46.8 Å². The first-order valence-electron chi connectivity index (χ1n) is 6.96. The van der Waals surface area contributed by atoms with Crippen LogP contribution in [0.15, 0.2) is 12.3 Å². The molecule has 1 aromatic rings. The highest BCUT2D eigenvalue weighted by Crippen LogP contribution is 2.17. The molecule has 2 heterocycles. The van der Waals surface area contributed by atoms with Crippen molar-refractivity contribution in [2.24, 2.45) is 0 Å². The zero-order valence-electron chi connectivity index (χ0n) is 11.9. The largest absolute Gasteiger partial charge is 0.385 e. The number of pyridine rings is 1. The lowest BCUT2D eigenvalue weighted by Gasteiger charge is -2.23. The highest BCUT2D eigenvalue weighted by molar-refractivity contribution is 7.85. The molecule has 2 rings (SSSR count). The molecular formula is C14H21N3O2S. The molecule has 2 N–H and O–H groups in total. The maximum absolute atomic E-state index is 12.3. The third-order valence-electron chi connectivity index (χ3n) is 3.38. The summed E-state index contributed by atoms with van der Waals surface area (Å²) in [6.07, 6.45) is 3.19. The van der Waals surface area contributed by atoms with Crippen molar-refractivity contribution in [1.82, 2.24) is 10.3 Å². The molecule has 5 nitrogen and oxygen atoms in total. The van der Waals surface area contributed by atoms with Crippen LogP contribution in [0.4, 0.5) is 5.69 Å². The third-order valence-corrected chi connectivity index (χ3v) is 4.76. The smallest absolute Gasteiger partial charge is 0.255 e. The van der Waals surface area contributed by atoms with Crippen molar-refractivity contribution in [1.29, 1.82) is 0 Å². The van der Waals surface area contributed by atoms with E-state index in [1.54, 1.807) is 6.20 Å². The Morgan fingerprint density at radius 1 is 1.45 bits per heavy atom. The van der Waals surface area contributed by atoms with Crippen LogP contribution in [-0.4, -0.2) is 39.2 Å². The SMILES string of the molecule is CCNc1cc(C)ncc1C(=O)NC1CCS(=O)CC1. The minimum absolute atomic E-state index is 0.105. The van der Waals surface area contributed by atoms with Gasteiger partial charge in [-0.15, -0.1) is 0 Å². The van der Waals surface area contributed by atoms with E-state index >= 15 is 0 Å². The number of rotatable bonds is 4. The number of amides is 1. The lowest BCUT2D eigenvalue weighted by Crippen LogP contribution is -2.39. The van der Waals surface area contributed by atoms with Crippen LogP contribution in [0.25, 0.3) is 0 Å². The number of anilines is 1. The zero-order chi connectivity index (χ0) is 14.5. The van der Waals surface area contributed by atoms with E-state index in [0.29, 0.717) is 17.1 Å². The minimum atomic E-state index is -0.707. The Morgan fingerprint density at radius 3 is 2.80 bits per heavy atom. The predicted molar refractivity (Wildman–Crippen MR) is 81.5 cm³/mol. The molecule has 0 spiro atoms. The molecule has 1 aliphatic heterocycles. The molecule has 6 heteroatoms. The topological polar surface area (TPSA) is 71.1 Å². The second kappa shape index (κ2) is 6.83. The van der Waals surface area contributed by atoms with Crippen molar-refractivity contribution in [2.45, 2.75) is 32.7 Å². The molecule has 0 atom stereocenters. The van der Waals surface area contributed by atoms with Crippen molar-refractivity contribution in [3.8, 4) is 0 Å². The molecule has 0 aromatic carbocycles. The lowest BCUT2D eigenvalue weighted by atomic mass is 10.1. The van der Waals surface area contributed by atoms with Crippen LogP contribution in [0.1, 0.15) is 35.8 Å². The van der Waals surface area contributed by atoms with Gasteiger partial charge in [-0.25, -0.2) is 0 Å². The van der Waals surface area contributed by atoms with E-state index in [9.17, 15) is 9.00 Å².